The Bertz CT molecular complexity index is 888. The van der Waals surface area contributed by atoms with Crippen LogP contribution < -0.4 is 10.2 Å². The van der Waals surface area contributed by atoms with Crippen LogP contribution in [0.2, 0.25) is 0 Å². The van der Waals surface area contributed by atoms with Crippen LogP contribution in [0, 0.1) is 17.0 Å². The highest BCUT2D eigenvalue weighted by Crippen LogP contribution is 2.46. The molecule has 2 fully saturated rings. The van der Waals surface area contributed by atoms with Gasteiger partial charge in [0.1, 0.15) is 17.3 Å². The summed E-state index contributed by atoms with van der Waals surface area (Å²) < 4.78 is 27.1. The Balaban J connectivity index is 1.49. The molecule has 1 aliphatic heterocycles. The highest BCUT2D eigenvalue weighted by atomic mass is 19.1. The smallest absolute Gasteiger partial charge is 0.271 e. The van der Waals surface area contributed by atoms with Crippen molar-refractivity contribution in [3.63, 3.8) is 0 Å². The monoisotopic (exact) mass is 386 g/mol. The van der Waals surface area contributed by atoms with Gasteiger partial charge in [-0.05, 0) is 37.8 Å². The predicted molar refractivity (Wildman–Crippen MR) is 97.5 cm³/mol. The quantitative estimate of drug-likeness (QED) is 0.880. The van der Waals surface area contributed by atoms with E-state index >= 15 is 0 Å². The zero-order valence-electron chi connectivity index (χ0n) is 15.2. The summed E-state index contributed by atoms with van der Waals surface area (Å²) in [5, 5.41) is 2.95. The lowest BCUT2D eigenvalue weighted by atomic mass is 9.71. The normalized spacial score (nSPS) is 24.6. The molecule has 1 saturated heterocycles. The molecule has 2 heterocycles. The van der Waals surface area contributed by atoms with E-state index in [1.807, 2.05) is 0 Å². The molecule has 1 aromatic carbocycles. The Morgan fingerprint density at radius 2 is 1.96 bits per heavy atom. The van der Waals surface area contributed by atoms with Crippen molar-refractivity contribution in [1.82, 2.24) is 15.3 Å². The summed E-state index contributed by atoms with van der Waals surface area (Å²) in [6.45, 7) is 0.409. The minimum atomic E-state index is -0.707. The number of halogens is 2. The van der Waals surface area contributed by atoms with E-state index in [1.54, 1.807) is 0 Å². The van der Waals surface area contributed by atoms with E-state index in [0.717, 1.165) is 18.9 Å². The van der Waals surface area contributed by atoms with E-state index in [-0.39, 0.29) is 29.2 Å². The SMILES string of the molecule is O=C(NC1CCCC2(CCN(c3cc(F)cc(F)c3)C2=O)C1)c1cnccn1. The molecular formula is C20H20F2N4O2. The number of carbonyl (C=O) groups is 2. The molecular weight excluding hydrogens is 366 g/mol. The van der Waals surface area contributed by atoms with Crippen molar-refractivity contribution in [2.75, 3.05) is 11.4 Å². The first-order valence-electron chi connectivity index (χ1n) is 9.32. The molecule has 1 aromatic heterocycles. The molecule has 146 valence electrons. The molecule has 6 nitrogen and oxygen atoms in total. The lowest BCUT2D eigenvalue weighted by Gasteiger charge is -2.36. The first kappa shape index (κ1) is 18.5. The molecule has 2 atom stereocenters. The van der Waals surface area contributed by atoms with Crippen LogP contribution in [0.3, 0.4) is 0 Å². The number of rotatable bonds is 3. The number of hydrogen-bond acceptors (Lipinski definition) is 4. The van der Waals surface area contributed by atoms with Gasteiger partial charge < -0.3 is 10.2 Å². The van der Waals surface area contributed by atoms with E-state index in [0.29, 0.717) is 25.8 Å². The summed E-state index contributed by atoms with van der Waals surface area (Å²) in [6.07, 6.45) is 7.72. The first-order valence-corrected chi connectivity index (χ1v) is 9.32. The van der Waals surface area contributed by atoms with Crippen LogP contribution in [0.25, 0.3) is 0 Å². The second-order valence-electron chi connectivity index (χ2n) is 7.47. The van der Waals surface area contributed by atoms with Gasteiger partial charge >= 0.3 is 0 Å². The van der Waals surface area contributed by atoms with Gasteiger partial charge in [0.05, 0.1) is 11.6 Å². The molecule has 8 heteroatoms. The van der Waals surface area contributed by atoms with Crippen molar-refractivity contribution in [3.05, 3.63) is 54.1 Å². The fourth-order valence-corrected chi connectivity index (χ4v) is 4.34. The lowest BCUT2D eigenvalue weighted by Crippen LogP contribution is -2.46. The maximum absolute atomic E-state index is 13.6. The number of aromatic nitrogens is 2. The van der Waals surface area contributed by atoms with Crippen molar-refractivity contribution in [2.24, 2.45) is 5.41 Å². The second-order valence-corrected chi connectivity index (χ2v) is 7.47. The standard InChI is InChI=1S/C20H20F2N4O2/c21-13-8-14(22)10-16(9-13)26-7-4-20(19(26)28)3-1-2-15(11-20)25-18(27)17-12-23-5-6-24-17/h5-6,8-10,12,15H,1-4,7,11H2,(H,25,27). The first-order chi connectivity index (χ1) is 13.5. The maximum Gasteiger partial charge on any atom is 0.271 e. The molecule has 2 unspecified atom stereocenters. The van der Waals surface area contributed by atoms with Crippen molar-refractivity contribution in [3.8, 4) is 0 Å². The van der Waals surface area contributed by atoms with E-state index in [9.17, 15) is 18.4 Å². The van der Waals surface area contributed by atoms with Gasteiger partial charge in [-0.25, -0.2) is 13.8 Å². The van der Waals surface area contributed by atoms with E-state index in [4.69, 9.17) is 0 Å². The Hall–Kier alpha value is -2.90. The lowest BCUT2D eigenvalue weighted by molar-refractivity contribution is -0.127. The fourth-order valence-electron chi connectivity index (χ4n) is 4.34. The Morgan fingerprint density at radius 1 is 1.18 bits per heavy atom. The van der Waals surface area contributed by atoms with Crippen LogP contribution in [0.1, 0.15) is 42.6 Å². The van der Waals surface area contributed by atoms with Gasteiger partial charge in [-0.1, -0.05) is 6.42 Å². The van der Waals surface area contributed by atoms with Gasteiger partial charge in [0, 0.05) is 36.7 Å². The third-order valence-electron chi connectivity index (χ3n) is 5.65. The second kappa shape index (κ2) is 7.26. The van der Waals surface area contributed by atoms with Crippen LogP contribution in [-0.4, -0.2) is 34.4 Å². The minimum Gasteiger partial charge on any atom is -0.348 e. The number of nitrogens with one attached hydrogen (secondary N) is 1. The van der Waals surface area contributed by atoms with Gasteiger partial charge in [0.25, 0.3) is 5.91 Å². The number of anilines is 1. The summed E-state index contributed by atoms with van der Waals surface area (Å²) in [4.78, 5) is 34.9. The van der Waals surface area contributed by atoms with Crippen molar-refractivity contribution >= 4 is 17.5 Å². The largest absolute Gasteiger partial charge is 0.348 e. The molecule has 1 saturated carbocycles. The van der Waals surface area contributed by atoms with Gasteiger partial charge in [-0.15, -0.1) is 0 Å². The maximum atomic E-state index is 13.6. The van der Waals surface area contributed by atoms with E-state index < -0.39 is 17.0 Å². The predicted octanol–water partition coefficient (Wildman–Crippen LogP) is 2.85. The van der Waals surface area contributed by atoms with Crippen LogP contribution in [0.4, 0.5) is 14.5 Å². The summed E-state index contributed by atoms with van der Waals surface area (Å²) in [5.41, 5.74) is -0.136. The average Bonchev–Trinajstić information content (AvgIpc) is 2.97. The summed E-state index contributed by atoms with van der Waals surface area (Å²) in [7, 11) is 0. The summed E-state index contributed by atoms with van der Waals surface area (Å²) in [5.74, 6) is -1.86. The van der Waals surface area contributed by atoms with Crippen LogP contribution in [0.5, 0.6) is 0 Å². The number of benzene rings is 1. The van der Waals surface area contributed by atoms with Gasteiger partial charge in [-0.3, -0.25) is 14.6 Å². The molecule has 0 bridgehead atoms. The molecule has 0 radical (unpaired) electrons. The molecule has 1 aliphatic carbocycles. The van der Waals surface area contributed by atoms with Gasteiger partial charge in [0.15, 0.2) is 0 Å². The third kappa shape index (κ3) is 3.46. The third-order valence-corrected chi connectivity index (χ3v) is 5.65. The van der Waals surface area contributed by atoms with Gasteiger partial charge in [0.2, 0.25) is 5.91 Å². The van der Waals surface area contributed by atoms with Crippen molar-refractivity contribution in [2.45, 2.75) is 38.1 Å². The Kier molecular flexibility index (Phi) is 4.78. The Labute approximate surface area is 161 Å². The zero-order chi connectivity index (χ0) is 19.7. The Morgan fingerprint density at radius 3 is 2.68 bits per heavy atom. The topological polar surface area (TPSA) is 75.2 Å². The van der Waals surface area contributed by atoms with Crippen LogP contribution in [0.15, 0.2) is 36.8 Å². The average molecular weight is 386 g/mol. The summed E-state index contributed by atoms with van der Waals surface area (Å²) >= 11 is 0. The molecule has 1 N–H and O–H groups in total. The molecule has 2 amide bonds. The number of amides is 2. The number of nitrogens with zero attached hydrogens (tertiary/aromatic N) is 3. The number of carbonyl (C=O) groups excluding carboxylic acids is 2. The van der Waals surface area contributed by atoms with Crippen molar-refractivity contribution < 1.29 is 18.4 Å². The minimum absolute atomic E-state index is 0.129. The van der Waals surface area contributed by atoms with E-state index in [2.05, 4.69) is 15.3 Å². The molecule has 2 aromatic rings. The van der Waals surface area contributed by atoms with E-state index in [1.165, 1.54) is 35.6 Å². The fraction of sp³-hybridized carbons (Fsp3) is 0.400. The molecule has 28 heavy (non-hydrogen) atoms. The zero-order valence-corrected chi connectivity index (χ0v) is 15.2. The van der Waals surface area contributed by atoms with Crippen molar-refractivity contribution in [1.29, 1.82) is 0 Å². The van der Waals surface area contributed by atoms with Gasteiger partial charge in [-0.2, -0.15) is 0 Å². The van der Waals surface area contributed by atoms with Crippen LogP contribution >= 0.6 is 0 Å². The highest BCUT2D eigenvalue weighted by Gasteiger charge is 2.49. The summed E-state index contributed by atoms with van der Waals surface area (Å²) in [6, 6.07) is 2.99. The highest BCUT2D eigenvalue weighted by molar-refractivity contribution is 6.00. The molecule has 2 aliphatic rings. The molecule has 4 rings (SSSR count). The van der Waals surface area contributed by atoms with Crippen LogP contribution in [-0.2, 0) is 4.79 Å². The number of hydrogen-bond donors (Lipinski definition) is 1. The molecule has 1 spiro atoms.